The van der Waals surface area contributed by atoms with Gasteiger partial charge in [-0.05, 0) is 60.7 Å². The molecule has 2 aliphatic heterocycles. The number of hydrogen-bond acceptors (Lipinski definition) is 8. The maximum atomic E-state index is 13.2. The molecule has 4 N–H and O–H groups in total. The van der Waals surface area contributed by atoms with Crippen LogP contribution in [0.15, 0.2) is 67.0 Å². The van der Waals surface area contributed by atoms with E-state index in [4.69, 9.17) is 16.3 Å². The average Bonchev–Trinajstić information content (AvgIpc) is 3.69. The van der Waals surface area contributed by atoms with Gasteiger partial charge in [0.2, 0.25) is 5.91 Å². The summed E-state index contributed by atoms with van der Waals surface area (Å²) in [7, 11) is 1.64. The molecule has 2 aliphatic rings. The van der Waals surface area contributed by atoms with Gasteiger partial charge in [-0.15, -0.1) is 0 Å². The van der Waals surface area contributed by atoms with Crippen LogP contribution in [0.3, 0.4) is 0 Å². The Labute approximate surface area is 279 Å². The highest BCUT2D eigenvalue weighted by atomic mass is 35.5. The average molecular weight is 655 g/mol. The molecule has 0 spiro atoms. The van der Waals surface area contributed by atoms with Crippen LogP contribution in [0.2, 0.25) is 5.02 Å². The fraction of sp³-hybridized carbons (Fsp3) is 0.333. The third-order valence-corrected chi connectivity index (χ3v) is 9.21. The van der Waals surface area contributed by atoms with Crippen molar-refractivity contribution in [2.45, 2.75) is 51.4 Å². The molecule has 2 aromatic heterocycles. The van der Waals surface area contributed by atoms with E-state index in [9.17, 15) is 14.7 Å². The van der Waals surface area contributed by atoms with Crippen molar-refractivity contribution in [3.8, 4) is 28.1 Å². The van der Waals surface area contributed by atoms with Gasteiger partial charge in [-0.1, -0.05) is 41.9 Å². The molecule has 2 atom stereocenters. The molecule has 10 nitrogen and oxygen atoms in total. The van der Waals surface area contributed by atoms with Gasteiger partial charge in [0.15, 0.2) is 0 Å². The number of benzene rings is 2. The number of pyridine rings is 2. The summed E-state index contributed by atoms with van der Waals surface area (Å²) in [4.78, 5) is 35.8. The molecule has 11 heteroatoms. The molecule has 4 aromatic rings. The molecule has 47 heavy (non-hydrogen) atoms. The number of halogens is 1. The predicted octanol–water partition coefficient (Wildman–Crippen LogP) is 4.97. The summed E-state index contributed by atoms with van der Waals surface area (Å²) in [6, 6.07) is 17.3. The minimum Gasteiger partial charge on any atom is -0.496 e. The van der Waals surface area contributed by atoms with Crippen LogP contribution in [0, 0.1) is 6.92 Å². The molecule has 0 unspecified atom stereocenters. The van der Waals surface area contributed by atoms with E-state index < -0.39 is 0 Å². The van der Waals surface area contributed by atoms with Crippen molar-refractivity contribution in [3.05, 3.63) is 94.4 Å². The minimum atomic E-state index is -0.301. The highest BCUT2D eigenvalue weighted by molar-refractivity contribution is 6.35. The number of amides is 2. The molecule has 0 radical (unpaired) electrons. The van der Waals surface area contributed by atoms with Crippen molar-refractivity contribution in [3.63, 3.8) is 0 Å². The number of methoxy groups -OCH3 is 1. The fourth-order valence-corrected chi connectivity index (χ4v) is 6.54. The molecule has 6 rings (SSSR count). The van der Waals surface area contributed by atoms with Crippen LogP contribution in [-0.4, -0.2) is 70.7 Å². The molecule has 2 aromatic carbocycles. The summed E-state index contributed by atoms with van der Waals surface area (Å²) >= 11 is 7.03. The van der Waals surface area contributed by atoms with Gasteiger partial charge in [0.1, 0.15) is 11.4 Å². The third kappa shape index (κ3) is 7.63. The Hall–Kier alpha value is -4.35. The number of carbonyl (C=O) groups is 2. The summed E-state index contributed by atoms with van der Waals surface area (Å²) in [6.07, 6.45) is 5.37. The number of aliphatic hydroxyl groups is 1. The van der Waals surface area contributed by atoms with Gasteiger partial charge in [0.25, 0.3) is 5.91 Å². The van der Waals surface area contributed by atoms with Crippen molar-refractivity contribution < 1.29 is 19.4 Å². The van der Waals surface area contributed by atoms with E-state index in [1.807, 2.05) is 55.5 Å². The van der Waals surface area contributed by atoms with Gasteiger partial charge in [0, 0.05) is 80.0 Å². The number of aromatic nitrogens is 2. The molecular weight excluding hydrogens is 616 g/mol. The Morgan fingerprint density at radius 2 is 2.00 bits per heavy atom. The number of rotatable bonds is 11. The number of likely N-dealkylation sites (tertiary alicyclic amines) is 1. The first-order valence-corrected chi connectivity index (χ1v) is 16.3. The van der Waals surface area contributed by atoms with E-state index in [1.54, 1.807) is 25.6 Å². The van der Waals surface area contributed by atoms with E-state index in [0.717, 1.165) is 52.8 Å². The normalized spacial score (nSPS) is 17.9. The van der Waals surface area contributed by atoms with Crippen molar-refractivity contribution >= 4 is 29.1 Å². The molecule has 0 aliphatic carbocycles. The van der Waals surface area contributed by atoms with Crippen LogP contribution < -0.4 is 20.7 Å². The third-order valence-electron chi connectivity index (χ3n) is 8.82. The number of aliphatic hydroxyl groups excluding tert-OH is 1. The topological polar surface area (TPSA) is 129 Å². The highest BCUT2D eigenvalue weighted by Crippen LogP contribution is 2.39. The molecule has 4 heterocycles. The summed E-state index contributed by atoms with van der Waals surface area (Å²) in [6.45, 7) is 5.44. The smallest absolute Gasteiger partial charge is 0.274 e. The number of β-amino-alcohol motifs (C(OH)–C–C–N with tert-alkyl or cyclic N) is 1. The Morgan fingerprint density at radius 3 is 2.72 bits per heavy atom. The molecule has 2 amide bonds. The van der Waals surface area contributed by atoms with Crippen molar-refractivity contribution in [1.29, 1.82) is 0 Å². The van der Waals surface area contributed by atoms with Crippen molar-refractivity contribution in [1.82, 2.24) is 25.5 Å². The van der Waals surface area contributed by atoms with Crippen molar-refractivity contribution in [2.24, 2.45) is 0 Å². The summed E-state index contributed by atoms with van der Waals surface area (Å²) in [5.41, 5.74) is 6.94. The molecule has 0 bridgehead atoms. The lowest BCUT2D eigenvalue weighted by atomic mass is 9.97. The lowest BCUT2D eigenvalue weighted by Gasteiger charge is -2.17. The lowest BCUT2D eigenvalue weighted by molar-refractivity contribution is -0.119. The summed E-state index contributed by atoms with van der Waals surface area (Å²) < 4.78 is 5.71. The molecule has 2 saturated heterocycles. The Kier molecular flexibility index (Phi) is 10.1. The molecule has 244 valence electrons. The Balaban J connectivity index is 1.16. The Morgan fingerprint density at radius 1 is 1.13 bits per heavy atom. The second-order valence-corrected chi connectivity index (χ2v) is 12.5. The summed E-state index contributed by atoms with van der Waals surface area (Å²) in [5.74, 6) is 0.516. The Bertz CT molecular complexity index is 1770. The van der Waals surface area contributed by atoms with Crippen LogP contribution >= 0.6 is 11.6 Å². The van der Waals surface area contributed by atoms with E-state index in [-0.39, 0.29) is 24.0 Å². The molecule has 0 saturated carbocycles. The van der Waals surface area contributed by atoms with Gasteiger partial charge >= 0.3 is 0 Å². The number of anilines is 1. The lowest BCUT2D eigenvalue weighted by Crippen LogP contribution is -2.35. The van der Waals surface area contributed by atoms with E-state index in [2.05, 4.69) is 30.8 Å². The minimum absolute atomic E-state index is 0.104. The maximum absolute atomic E-state index is 13.2. The van der Waals surface area contributed by atoms with Crippen LogP contribution in [0.25, 0.3) is 22.4 Å². The molecular formula is C36H39ClN6O4. The molecule has 2 fully saturated rings. The monoisotopic (exact) mass is 654 g/mol. The van der Waals surface area contributed by atoms with Gasteiger partial charge in [-0.25, -0.2) is 0 Å². The first-order chi connectivity index (χ1) is 22.8. The van der Waals surface area contributed by atoms with E-state index >= 15 is 0 Å². The predicted molar refractivity (Wildman–Crippen MR) is 182 cm³/mol. The van der Waals surface area contributed by atoms with Crippen LogP contribution in [-0.2, 0) is 17.9 Å². The highest BCUT2D eigenvalue weighted by Gasteiger charge is 2.22. The quantitative estimate of drug-likeness (QED) is 0.179. The largest absolute Gasteiger partial charge is 0.496 e. The SMILES string of the molecule is COc1cc(-c2nccc(-c3cccc(NC(=O)c4ccc(CN5CC[C@@H](O)C5)cn4)c3C)c2Cl)ccc1CNC[C@H]1CCC(=O)N1. The van der Waals surface area contributed by atoms with Crippen LogP contribution in [0.4, 0.5) is 5.69 Å². The fourth-order valence-electron chi connectivity index (χ4n) is 6.22. The number of hydrogen-bond donors (Lipinski definition) is 4. The second kappa shape index (κ2) is 14.6. The van der Waals surface area contributed by atoms with Gasteiger partial charge < -0.3 is 25.8 Å². The van der Waals surface area contributed by atoms with Gasteiger partial charge in [0.05, 0.1) is 23.9 Å². The van der Waals surface area contributed by atoms with Crippen LogP contribution in [0.1, 0.15) is 46.4 Å². The van der Waals surface area contributed by atoms with Gasteiger partial charge in [-0.3, -0.25) is 24.5 Å². The number of ether oxygens (including phenoxy) is 1. The van der Waals surface area contributed by atoms with E-state index in [0.29, 0.717) is 60.4 Å². The second-order valence-electron chi connectivity index (χ2n) is 12.1. The zero-order valence-corrected chi connectivity index (χ0v) is 27.3. The first kappa shape index (κ1) is 32.6. The summed E-state index contributed by atoms with van der Waals surface area (Å²) in [5, 5.41) is 19.7. The maximum Gasteiger partial charge on any atom is 0.274 e. The number of nitrogens with zero attached hydrogens (tertiary/aromatic N) is 3. The first-order valence-electron chi connectivity index (χ1n) is 15.9. The number of nitrogens with one attached hydrogen (secondary N) is 3. The van der Waals surface area contributed by atoms with Gasteiger partial charge in [-0.2, -0.15) is 0 Å². The zero-order chi connectivity index (χ0) is 32.9. The van der Waals surface area contributed by atoms with Crippen LogP contribution in [0.5, 0.6) is 5.75 Å². The number of carbonyl (C=O) groups excluding carboxylic acids is 2. The van der Waals surface area contributed by atoms with Crippen molar-refractivity contribution in [2.75, 3.05) is 32.1 Å². The zero-order valence-electron chi connectivity index (χ0n) is 26.6. The standard InChI is InChI=1S/C36H39ClN6O4/c1-22-28(4-3-5-30(22)42-36(46)31-10-6-23(17-40-31)20-43-15-13-27(44)21-43)29-12-14-39-35(34(29)37)24-7-8-25(32(16-24)47-2)18-38-19-26-9-11-33(45)41-26/h3-8,10,12,14,16-17,26-27,38,44H,9,11,13,15,18-21H2,1-2H3,(H,41,45)(H,42,46)/t26-,27-/m1/s1. The van der Waals surface area contributed by atoms with E-state index in [1.165, 1.54) is 0 Å².